The van der Waals surface area contributed by atoms with E-state index in [1.165, 1.54) is 5.56 Å². The summed E-state index contributed by atoms with van der Waals surface area (Å²) in [5.74, 6) is -0.720. The standard InChI is InChI=1S/C20H24O4/c21-12-16-11-17(19(23)20(24)18(16)22)15-8-4-7-14(10-15)9-13-5-2-1-3-6-13/h1-8,10,16-24H,9,11-12H2/t16-,17+,18-,19+,20+/m1/s1. The van der Waals surface area contributed by atoms with E-state index < -0.39 is 24.2 Å². The molecule has 2 aromatic carbocycles. The van der Waals surface area contributed by atoms with Crippen LogP contribution in [0.5, 0.6) is 0 Å². The summed E-state index contributed by atoms with van der Waals surface area (Å²) in [5.41, 5.74) is 3.27. The summed E-state index contributed by atoms with van der Waals surface area (Å²) >= 11 is 0. The third kappa shape index (κ3) is 3.52. The summed E-state index contributed by atoms with van der Waals surface area (Å²) in [7, 11) is 0. The van der Waals surface area contributed by atoms with E-state index in [2.05, 4.69) is 12.1 Å². The fourth-order valence-electron chi connectivity index (χ4n) is 3.60. The number of aliphatic hydroxyl groups excluding tert-OH is 4. The third-order valence-corrected chi connectivity index (χ3v) is 5.02. The van der Waals surface area contributed by atoms with Crippen LogP contribution in [0.15, 0.2) is 54.6 Å². The van der Waals surface area contributed by atoms with Crippen molar-refractivity contribution in [2.75, 3.05) is 6.61 Å². The van der Waals surface area contributed by atoms with E-state index in [0.717, 1.165) is 17.5 Å². The zero-order valence-electron chi connectivity index (χ0n) is 13.5. The molecular weight excluding hydrogens is 304 g/mol. The van der Waals surface area contributed by atoms with Gasteiger partial charge in [-0.1, -0.05) is 54.6 Å². The second kappa shape index (κ2) is 7.45. The molecule has 4 heteroatoms. The van der Waals surface area contributed by atoms with Gasteiger partial charge in [-0.05, 0) is 29.5 Å². The van der Waals surface area contributed by atoms with Crippen LogP contribution in [0.1, 0.15) is 29.0 Å². The molecule has 4 nitrogen and oxygen atoms in total. The highest BCUT2D eigenvalue weighted by Gasteiger charge is 2.42. The topological polar surface area (TPSA) is 80.9 Å². The molecule has 4 N–H and O–H groups in total. The number of aliphatic hydroxyl groups is 4. The Morgan fingerprint density at radius 1 is 0.792 bits per heavy atom. The highest BCUT2D eigenvalue weighted by molar-refractivity contribution is 5.32. The van der Waals surface area contributed by atoms with Crippen LogP contribution in [-0.2, 0) is 6.42 Å². The Morgan fingerprint density at radius 2 is 1.50 bits per heavy atom. The minimum Gasteiger partial charge on any atom is -0.396 e. The molecule has 3 rings (SSSR count). The molecule has 128 valence electrons. The van der Waals surface area contributed by atoms with E-state index >= 15 is 0 Å². The van der Waals surface area contributed by atoms with Crippen molar-refractivity contribution in [3.63, 3.8) is 0 Å². The first-order chi connectivity index (χ1) is 11.6. The predicted molar refractivity (Wildman–Crippen MR) is 91.6 cm³/mol. The fourth-order valence-corrected chi connectivity index (χ4v) is 3.60. The van der Waals surface area contributed by atoms with Gasteiger partial charge in [-0.15, -0.1) is 0 Å². The second-order valence-corrected chi connectivity index (χ2v) is 6.66. The predicted octanol–water partition coefficient (Wildman–Crippen LogP) is 1.46. The van der Waals surface area contributed by atoms with E-state index in [1.807, 2.05) is 42.5 Å². The van der Waals surface area contributed by atoms with Gasteiger partial charge in [-0.3, -0.25) is 0 Å². The van der Waals surface area contributed by atoms with Crippen LogP contribution in [0.3, 0.4) is 0 Å². The van der Waals surface area contributed by atoms with Crippen molar-refractivity contribution in [3.05, 3.63) is 71.3 Å². The smallest absolute Gasteiger partial charge is 0.107 e. The number of rotatable bonds is 4. The molecule has 0 aromatic heterocycles. The Kier molecular flexibility index (Phi) is 5.31. The molecule has 0 amide bonds. The molecule has 0 bridgehead atoms. The van der Waals surface area contributed by atoms with Gasteiger partial charge in [0.1, 0.15) is 6.10 Å². The van der Waals surface area contributed by atoms with Crippen LogP contribution in [0.4, 0.5) is 0 Å². The lowest BCUT2D eigenvalue weighted by Gasteiger charge is -2.40. The minimum atomic E-state index is -1.24. The Morgan fingerprint density at radius 3 is 2.21 bits per heavy atom. The van der Waals surface area contributed by atoms with Crippen molar-refractivity contribution in [2.24, 2.45) is 5.92 Å². The molecule has 2 aromatic rings. The zero-order valence-corrected chi connectivity index (χ0v) is 13.5. The van der Waals surface area contributed by atoms with Gasteiger partial charge in [0.15, 0.2) is 0 Å². The average Bonchev–Trinajstić information content (AvgIpc) is 2.61. The van der Waals surface area contributed by atoms with E-state index in [9.17, 15) is 20.4 Å². The van der Waals surface area contributed by atoms with Crippen LogP contribution in [-0.4, -0.2) is 45.3 Å². The highest BCUT2D eigenvalue weighted by Crippen LogP contribution is 2.37. The van der Waals surface area contributed by atoms with Crippen molar-refractivity contribution < 1.29 is 20.4 Å². The molecule has 0 spiro atoms. The minimum absolute atomic E-state index is 0.203. The Hall–Kier alpha value is -1.72. The van der Waals surface area contributed by atoms with Gasteiger partial charge in [0.05, 0.1) is 12.2 Å². The summed E-state index contributed by atoms with van der Waals surface area (Å²) in [6.45, 7) is -0.203. The third-order valence-electron chi connectivity index (χ3n) is 5.02. The normalized spacial score (nSPS) is 30.2. The fraction of sp³-hybridized carbons (Fsp3) is 0.400. The van der Waals surface area contributed by atoms with Crippen LogP contribution in [0.25, 0.3) is 0 Å². The largest absolute Gasteiger partial charge is 0.396 e. The number of benzene rings is 2. The molecular formula is C20H24O4. The van der Waals surface area contributed by atoms with Gasteiger partial charge < -0.3 is 20.4 Å². The second-order valence-electron chi connectivity index (χ2n) is 6.66. The van der Waals surface area contributed by atoms with Crippen molar-refractivity contribution in [3.8, 4) is 0 Å². The Bertz CT molecular complexity index is 656. The van der Waals surface area contributed by atoms with Crippen molar-refractivity contribution in [1.82, 2.24) is 0 Å². The Balaban J connectivity index is 1.82. The maximum absolute atomic E-state index is 10.4. The maximum Gasteiger partial charge on any atom is 0.107 e. The van der Waals surface area contributed by atoms with Gasteiger partial charge >= 0.3 is 0 Å². The van der Waals surface area contributed by atoms with Gasteiger partial charge in [0, 0.05) is 18.4 Å². The van der Waals surface area contributed by atoms with Gasteiger partial charge in [-0.25, -0.2) is 0 Å². The van der Waals surface area contributed by atoms with E-state index in [4.69, 9.17) is 0 Å². The van der Waals surface area contributed by atoms with Crippen LogP contribution in [0.2, 0.25) is 0 Å². The summed E-state index contributed by atoms with van der Waals surface area (Å²) in [5, 5.41) is 39.8. The average molecular weight is 328 g/mol. The van der Waals surface area contributed by atoms with Crippen molar-refractivity contribution in [1.29, 1.82) is 0 Å². The summed E-state index contributed by atoms with van der Waals surface area (Å²) < 4.78 is 0. The number of hydrogen-bond acceptors (Lipinski definition) is 4. The molecule has 5 atom stereocenters. The van der Waals surface area contributed by atoms with Crippen LogP contribution < -0.4 is 0 Å². The quantitative estimate of drug-likeness (QED) is 0.685. The first-order valence-corrected chi connectivity index (χ1v) is 8.38. The molecule has 0 radical (unpaired) electrons. The SMILES string of the molecule is OC[C@H]1C[C@@H](c2cccc(Cc3ccccc3)c2)[C@H](O)[C@@H](O)[C@@H]1O. The van der Waals surface area contributed by atoms with Crippen molar-refractivity contribution in [2.45, 2.75) is 37.1 Å². The van der Waals surface area contributed by atoms with Crippen molar-refractivity contribution >= 4 is 0 Å². The molecule has 0 unspecified atom stereocenters. The van der Waals surface area contributed by atoms with Gasteiger partial charge in [0.2, 0.25) is 0 Å². The lowest BCUT2D eigenvalue weighted by molar-refractivity contribution is -0.127. The van der Waals surface area contributed by atoms with Crippen LogP contribution >= 0.6 is 0 Å². The molecule has 24 heavy (non-hydrogen) atoms. The maximum atomic E-state index is 10.4. The molecule has 1 fully saturated rings. The lowest BCUT2D eigenvalue weighted by Crippen LogP contribution is -2.51. The molecule has 0 saturated heterocycles. The summed E-state index contributed by atoms with van der Waals surface area (Å²) in [6.07, 6.45) is -2.11. The van der Waals surface area contributed by atoms with E-state index in [1.54, 1.807) is 0 Å². The molecule has 1 aliphatic carbocycles. The zero-order chi connectivity index (χ0) is 17.1. The highest BCUT2D eigenvalue weighted by atomic mass is 16.4. The van der Waals surface area contributed by atoms with Crippen LogP contribution in [0, 0.1) is 5.92 Å². The van der Waals surface area contributed by atoms with E-state index in [-0.39, 0.29) is 12.5 Å². The number of hydrogen-bond donors (Lipinski definition) is 4. The monoisotopic (exact) mass is 328 g/mol. The summed E-state index contributed by atoms with van der Waals surface area (Å²) in [6, 6.07) is 18.1. The molecule has 0 heterocycles. The Labute approximate surface area is 142 Å². The van der Waals surface area contributed by atoms with Gasteiger partial charge in [-0.2, -0.15) is 0 Å². The van der Waals surface area contributed by atoms with Gasteiger partial charge in [0.25, 0.3) is 0 Å². The first-order valence-electron chi connectivity index (χ1n) is 8.38. The molecule has 1 saturated carbocycles. The van der Waals surface area contributed by atoms with E-state index in [0.29, 0.717) is 6.42 Å². The lowest BCUT2D eigenvalue weighted by atomic mass is 9.73. The molecule has 0 aliphatic heterocycles. The molecule has 1 aliphatic rings. The first kappa shape index (κ1) is 17.1. The summed E-state index contributed by atoms with van der Waals surface area (Å²) in [4.78, 5) is 0.